The van der Waals surface area contributed by atoms with Gasteiger partial charge in [-0.2, -0.15) is 0 Å². The number of hydrogen-bond donors (Lipinski definition) is 1. The number of nitrogens with one attached hydrogen (secondary N) is 1. The van der Waals surface area contributed by atoms with Gasteiger partial charge in [0.15, 0.2) is 11.6 Å². The van der Waals surface area contributed by atoms with E-state index in [0.29, 0.717) is 12.3 Å². The van der Waals surface area contributed by atoms with Crippen molar-refractivity contribution in [3.63, 3.8) is 0 Å². The van der Waals surface area contributed by atoms with Crippen molar-refractivity contribution >= 4 is 0 Å². The van der Waals surface area contributed by atoms with Gasteiger partial charge in [-0.1, -0.05) is 26.3 Å². The lowest BCUT2D eigenvalue weighted by Gasteiger charge is -2.28. The highest BCUT2D eigenvalue weighted by atomic mass is 19.1. The molecule has 2 rings (SSSR count). The number of halogens is 1. The molecule has 1 aliphatic carbocycles. The van der Waals surface area contributed by atoms with Gasteiger partial charge in [0.2, 0.25) is 0 Å². The van der Waals surface area contributed by atoms with Crippen LogP contribution in [0.15, 0.2) is 18.2 Å². The Balaban J connectivity index is 1.90. The quantitative estimate of drug-likeness (QED) is 0.839. The molecular formula is C17H26FNO. The second-order valence-corrected chi connectivity index (χ2v) is 5.71. The predicted octanol–water partition coefficient (Wildman–Crippen LogP) is 4.28. The molecular weight excluding hydrogens is 253 g/mol. The van der Waals surface area contributed by atoms with Gasteiger partial charge < -0.3 is 10.1 Å². The Morgan fingerprint density at radius 1 is 1.20 bits per heavy atom. The summed E-state index contributed by atoms with van der Waals surface area (Å²) in [5.74, 6) is 1.01. The molecule has 0 spiro atoms. The molecule has 2 nitrogen and oxygen atoms in total. The maximum Gasteiger partial charge on any atom is 0.165 e. The van der Waals surface area contributed by atoms with Crippen molar-refractivity contribution in [3.8, 4) is 5.75 Å². The van der Waals surface area contributed by atoms with E-state index in [2.05, 4.69) is 12.2 Å². The van der Waals surface area contributed by atoms with Crippen LogP contribution in [0.5, 0.6) is 5.75 Å². The van der Waals surface area contributed by atoms with E-state index in [1.807, 2.05) is 13.0 Å². The van der Waals surface area contributed by atoms with Crippen LogP contribution in [-0.2, 0) is 6.54 Å². The molecule has 0 radical (unpaired) electrons. The Labute approximate surface area is 121 Å². The molecule has 1 fully saturated rings. The van der Waals surface area contributed by atoms with Crippen LogP contribution in [0.2, 0.25) is 0 Å². The van der Waals surface area contributed by atoms with Gasteiger partial charge >= 0.3 is 0 Å². The van der Waals surface area contributed by atoms with Gasteiger partial charge in [-0.15, -0.1) is 0 Å². The smallest absolute Gasteiger partial charge is 0.165 e. The molecule has 0 heterocycles. The predicted molar refractivity (Wildman–Crippen MR) is 80.4 cm³/mol. The summed E-state index contributed by atoms with van der Waals surface area (Å²) in [5.41, 5.74) is 0.964. The van der Waals surface area contributed by atoms with Gasteiger partial charge in [-0.3, -0.25) is 0 Å². The van der Waals surface area contributed by atoms with Crippen molar-refractivity contribution in [2.75, 3.05) is 6.54 Å². The summed E-state index contributed by atoms with van der Waals surface area (Å²) in [6.07, 6.45) is 5.96. The number of rotatable bonds is 6. The van der Waals surface area contributed by atoms with Crippen molar-refractivity contribution in [3.05, 3.63) is 29.6 Å². The Kier molecular flexibility index (Phi) is 5.84. The lowest BCUT2D eigenvalue weighted by atomic mass is 9.86. The lowest BCUT2D eigenvalue weighted by molar-refractivity contribution is 0.125. The van der Waals surface area contributed by atoms with Crippen LogP contribution in [0.25, 0.3) is 0 Å². The molecule has 1 saturated carbocycles. The minimum atomic E-state index is -0.238. The molecule has 1 aromatic rings. The van der Waals surface area contributed by atoms with Crippen LogP contribution in [0.4, 0.5) is 4.39 Å². The van der Waals surface area contributed by atoms with Gasteiger partial charge in [0.1, 0.15) is 0 Å². The van der Waals surface area contributed by atoms with Crippen LogP contribution in [0.3, 0.4) is 0 Å². The van der Waals surface area contributed by atoms with E-state index < -0.39 is 0 Å². The zero-order valence-corrected chi connectivity index (χ0v) is 12.6. The second-order valence-electron chi connectivity index (χ2n) is 5.71. The fraction of sp³-hybridized carbons (Fsp3) is 0.647. The first-order valence-corrected chi connectivity index (χ1v) is 7.88. The van der Waals surface area contributed by atoms with Gasteiger partial charge in [0.25, 0.3) is 0 Å². The summed E-state index contributed by atoms with van der Waals surface area (Å²) < 4.78 is 19.9. The van der Waals surface area contributed by atoms with Crippen molar-refractivity contribution in [2.24, 2.45) is 5.92 Å². The third kappa shape index (κ3) is 4.20. The first-order valence-electron chi connectivity index (χ1n) is 7.88. The summed E-state index contributed by atoms with van der Waals surface area (Å²) in [6.45, 7) is 5.88. The summed E-state index contributed by atoms with van der Waals surface area (Å²) in [4.78, 5) is 0. The molecule has 0 saturated heterocycles. The Morgan fingerprint density at radius 2 is 1.95 bits per heavy atom. The molecule has 1 aromatic carbocycles. The van der Waals surface area contributed by atoms with E-state index in [4.69, 9.17) is 4.74 Å². The largest absolute Gasteiger partial charge is 0.487 e. The lowest BCUT2D eigenvalue weighted by Crippen LogP contribution is -2.24. The second kappa shape index (κ2) is 7.63. The Morgan fingerprint density at radius 3 is 2.55 bits per heavy atom. The fourth-order valence-corrected chi connectivity index (χ4v) is 2.86. The first kappa shape index (κ1) is 15.3. The fourth-order valence-electron chi connectivity index (χ4n) is 2.86. The van der Waals surface area contributed by atoms with E-state index in [1.54, 1.807) is 12.1 Å². The molecule has 1 N–H and O–H groups in total. The minimum Gasteiger partial charge on any atom is -0.487 e. The summed E-state index contributed by atoms with van der Waals surface area (Å²) in [6, 6.07) is 5.29. The average molecular weight is 279 g/mol. The molecule has 1 aliphatic rings. The molecule has 0 atom stereocenters. The number of ether oxygens (including phenoxy) is 1. The summed E-state index contributed by atoms with van der Waals surface area (Å²) in [7, 11) is 0. The molecule has 0 unspecified atom stereocenters. The minimum absolute atomic E-state index is 0.187. The van der Waals surface area contributed by atoms with Gasteiger partial charge in [0.05, 0.1) is 6.10 Å². The van der Waals surface area contributed by atoms with Crippen molar-refractivity contribution in [2.45, 2.75) is 58.6 Å². The highest BCUT2D eigenvalue weighted by Gasteiger charge is 2.22. The van der Waals surface area contributed by atoms with Gasteiger partial charge in [0, 0.05) is 6.54 Å². The third-order valence-corrected chi connectivity index (χ3v) is 4.24. The van der Waals surface area contributed by atoms with Crippen LogP contribution in [0.1, 0.15) is 51.5 Å². The monoisotopic (exact) mass is 279 g/mol. The third-order valence-electron chi connectivity index (χ3n) is 4.24. The van der Waals surface area contributed by atoms with Crippen LogP contribution >= 0.6 is 0 Å². The van der Waals surface area contributed by atoms with E-state index in [0.717, 1.165) is 30.9 Å². The molecule has 0 amide bonds. The maximum absolute atomic E-state index is 14.0. The van der Waals surface area contributed by atoms with Crippen LogP contribution in [0, 0.1) is 11.7 Å². The van der Waals surface area contributed by atoms with Gasteiger partial charge in [-0.05, 0) is 55.8 Å². The molecule has 0 aliphatic heterocycles. The Hall–Kier alpha value is -1.09. The van der Waals surface area contributed by atoms with Gasteiger partial charge in [-0.25, -0.2) is 4.39 Å². The zero-order chi connectivity index (χ0) is 14.4. The van der Waals surface area contributed by atoms with Crippen LogP contribution < -0.4 is 10.1 Å². The maximum atomic E-state index is 14.0. The summed E-state index contributed by atoms with van der Waals surface area (Å²) >= 11 is 0. The standard InChI is InChI=1S/C17H26FNO/c1-3-13-5-8-15(9-6-13)20-17-10-7-14(11-16(17)18)12-19-4-2/h7,10-11,13,15,19H,3-6,8-9,12H2,1-2H3. The highest BCUT2D eigenvalue weighted by Crippen LogP contribution is 2.30. The van der Waals surface area contributed by atoms with Crippen LogP contribution in [-0.4, -0.2) is 12.6 Å². The number of hydrogen-bond acceptors (Lipinski definition) is 2. The van der Waals surface area contributed by atoms with E-state index in [-0.39, 0.29) is 11.9 Å². The summed E-state index contributed by atoms with van der Waals surface area (Å²) in [5, 5.41) is 3.20. The van der Waals surface area contributed by atoms with E-state index in [9.17, 15) is 4.39 Å². The van der Waals surface area contributed by atoms with Crippen molar-refractivity contribution in [1.82, 2.24) is 5.32 Å². The Bertz CT molecular complexity index is 413. The molecule has 0 aromatic heterocycles. The van der Waals surface area contributed by atoms with E-state index in [1.165, 1.54) is 19.3 Å². The van der Waals surface area contributed by atoms with E-state index >= 15 is 0 Å². The van der Waals surface area contributed by atoms with Crippen molar-refractivity contribution < 1.29 is 9.13 Å². The SMILES string of the molecule is CCNCc1ccc(OC2CCC(CC)CC2)c(F)c1. The molecule has 20 heavy (non-hydrogen) atoms. The van der Waals surface area contributed by atoms with Crippen molar-refractivity contribution in [1.29, 1.82) is 0 Å². The molecule has 0 bridgehead atoms. The average Bonchev–Trinajstić information content (AvgIpc) is 2.48. The first-order chi connectivity index (χ1) is 9.72. The topological polar surface area (TPSA) is 21.3 Å². The normalized spacial score (nSPS) is 22.8. The molecule has 112 valence electrons. The zero-order valence-electron chi connectivity index (χ0n) is 12.6. The number of benzene rings is 1. The molecule has 3 heteroatoms. The highest BCUT2D eigenvalue weighted by molar-refractivity contribution is 5.29.